The van der Waals surface area contributed by atoms with Gasteiger partial charge in [0.15, 0.2) is 11.4 Å². The molecule has 0 aliphatic heterocycles. The minimum atomic E-state index is -4.26. The SMILES string of the molecule is Cc1cc(-c2cnc3c(NCCC(F)(F)F)cc(C(C)O)cn23)ccc1C(=O)CC1CC1. The summed E-state index contributed by atoms with van der Waals surface area (Å²) in [5, 5.41) is 12.9. The van der Waals surface area contributed by atoms with Crippen molar-refractivity contribution < 1.29 is 23.1 Å². The minimum Gasteiger partial charge on any atom is -0.389 e. The quantitative estimate of drug-likeness (QED) is 0.436. The lowest BCUT2D eigenvalue weighted by Crippen LogP contribution is -2.15. The number of carbonyl (C=O) groups is 1. The zero-order valence-electron chi connectivity index (χ0n) is 18.0. The Kier molecular flexibility index (Phi) is 5.99. The number of aromatic nitrogens is 2. The second kappa shape index (κ2) is 8.58. The number of pyridine rings is 1. The van der Waals surface area contributed by atoms with Gasteiger partial charge in [-0.05, 0) is 55.9 Å². The van der Waals surface area contributed by atoms with Crippen molar-refractivity contribution in [3.63, 3.8) is 0 Å². The number of anilines is 1. The van der Waals surface area contributed by atoms with Gasteiger partial charge in [-0.3, -0.25) is 9.20 Å². The number of nitrogens with zero attached hydrogens (tertiary/aromatic N) is 2. The van der Waals surface area contributed by atoms with Crippen molar-refractivity contribution in [3.05, 3.63) is 53.3 Å². The Bertz CT molecular complexity index is 1150. The fourth-order valence-corrected chi connectivity index (χ4v) is 3.85. The monoisotopic (exact) mass is 445 g/mol. The second-order valence-electron chi connectivity index (χ2n) is 8.59. The zero-order valence-corrected chi connectivity index (χ0v) is 18.0. The lowest BCUT2D eigenvalue weighted by Gasteiger charge is -2.14. The van der Waals surface area contributed by atoms with Crippen LogP contribution in [0.5, 0.6) is 0 Å². The predicted molar refractivity (Wildman–Crippen MR) is 117 cm³/mol. The Labute approximate surface area is 184 Å². The first-order valence-electron chi connectivity index (χ1n) is 10.8. The topological polar surface area (TPSA) is 66.6 Å². The Morgan fingerprint density at radius 2 is 2.06 bits per heavy atom. The number of hydrogen-bond acceptors (Lipinski definition) is 4. The van der Waals surface area contributed by atoms with E-state index < -0.39 is 18.7 Å². The number of carbonyl (C=O) groups excluding carboxylic acids is 1. The van der Waals surface area contributed by atoms with Gasteiger partial charge in [-0.15, -0.1) is 0 Å². The van der Waals surface area contributed by atoms with Crippen LogP contribution in [0, 0.1) is 12.8 Å². The van der Waals surface area contributed by atoms with E-state index in [1.54, 1.807) is 29.8 Å². The summed E-state index contributed by atoms with van der Waals surface area (Å²) in [6.45, 7) is 3.21. The molecular formula is C24H26F3N3O2. The Morgan fingerprint density at radius 1 is 1.31 bits per heavy atom. The van der Waals surface area contributed by atoms with Gasteiger partial charge < -0.3 is 10.4 Å². The molecule has 4 rings (SSSR count). The van der Waals surface area contributed by atoms with Gasteiger partial charge >= 0.3 is 6.18 Å². The van der Waals surface area contributed by atoms with E-state index in [0.717, 1.165) is 29.7 Å². The molecule has 2 heterocycles. The first-order chi connectivity index (χ1) is 15.1. The average Bonchev–Trinajstić information content (AvgIpc) is 3.41. The molecule has 1 unspecified atom stereocenters. The summed E-state index contributed by atoms with van der Waals surface area (Å²) in [5.41, 5.74) is 4.60. The third-order valence-electron chi connectivity index (χ3n) is 5.83. The molecule has 0 spiro atoms. The van der Waals surface area contributed by atoms with Crippen LogP contribution in [-0.4, -0.2) is 33.0 Å². The van der Waals surface area contributed by atoms with E-state index in [4.69, 9.17) is 0 Å². The third-order valence-corrected chi connectivity index (χ3v) is 5.83. The number of halogens is 3. The van der Waals surface area contributed by atoms with Gasteiger partial charge in [-0.1, -0.05) is 12.1 Å². The van der Waals surface area contributed by atoms with E-state index in [9.17, 15) is 23.1 Å². The van der Waals surface area contributed by atoms with Gasteiger partial charge in [0.25, 0.3) is 0 Å². The average molecular weight is 445 g/mol. The van der Waals surface area contributed by atoms with Gasteiger partial charge in [-0.25, -0.2) is 4.98 Å². The molecule has 0 radical (unpaired) electrons. The molecule has 2 aromatic heterocycles. The van der Waals surface area contributed by atoms with Crippen molar-refractivity contribution in [1.29, 1.82) is 0 Å². The largest absolute Gasteiger partial charge is 0.390 e. The summed E-state index contributed by atoms with van der Waals surface area (Å²) in [7, 11) is 0. The van der Waals surface area contributed by atoms with Gasteiger partial charge in [0.1, 0.15) is 0 Å². The van der Waals surface area contributed by atoms with Crippen molar-refractivity contribution in [1.82, 2.24) is 9.38 Å². The molecule has 5 nitrogen and oxygen atoms in total. The highest BCUT2D eigenvalue weighted by molar-refractivity contribution is 5.98. The number of aliphatic hydroxyl groups is 1. The Hall–Kier alpha value is -2.87. The first-order valence-corrected chi connectivity index (χ1v) is 10.8. The van der Waals surface area contributed by atoms with Crippen molar-refractivity contribution in [3.8, 4) is 11.3 Å². The maximum Gasteiger partial charge on any atom is 0.390 e. The van der Waals surface area contributed by atoms with Crippen molar-refractivity contribution in [2.45, 2.75) is 51.8 Å². The maximum atomic E-state index is 12.6. The van der Waals surface area contributed by atoms with Crippen LogP contribution in [0.15, 0.2) is 36.7 Å². The van der Waals surface area contributed by atoms with Crippen LogP contribution in [0.2, 0.25) is 0 Å². The lowest BCUT2D eigenvalue weighted by atomic mass is 9.98. The highest BCUT2D eigenvalue weighted by Crippen LogP contribution is 2.35. The highest BCUT2D eigenvalue weighted by atomic mass is 19.4. The summed E-state index contributed by atoms with van der Waals surface area (Å²) in [6.07, 6.45) is 0.173. The summed E-state index contributed by atoms with van der Waals surface area (Å²) in [5.74, 6) is 0.671. The predicted octanol–water partition coefficient (Wildman–Crippen LogP) is 5.71. The van der Waals surface area contributed by atoms with E-state index >= 15 is 0 Å². The molecule has 1 atom stereocenters. The van der Waals surface area contributed by atoms with Crippen LogP contribution in [0.1, 0.15) is 60.2 Å². The van der Waals surface area contributed by atoms with E-state index in [-0.39, 0.29) is 12.3 Å². The summed E-state index contributed by atoms with van der Waals surface area (Å²) >= 11 is 0. The molecule has 170 valence electrons. The molecule has 32 heavy (non-hydrogen) atoms. The van der Waals surface area contributed by atoms with Gasteiger partial charge in [0.05, 0.1) is 30.1 Å². The fraction of sp³-hybridized carbons (Fsp3) is 0.417. The molecule has 2 N–H and O–H groups in total. The van der Waals surface area contributed by atoms with Crippen molar-refractivity contribution in [2.24, 2.45) is 5.92 Å². The second-order valence-corrected chi connectivity index (χ2v) is 8.59. The Morgan fingerprint density at radius 3 is 2.69 bits per heavy atom. The standard InChI is InChI=1S/C24H26F3N3O2/c1-14-9-17(5-6-19(14)22(32)10-16-3-4-16)21-12-29-23-20(28-8-7-24(25,26)27)11-18(15(2)31)13-30(21)23/h5-6,9,11-13,15-16,28,31H,3-4,7-8,10H2,1-2H3. The summed E-state index contributed by atoms with van der Waals surface area (Å²) < 4.78 is 39.5. The number of nitrogens with one attached hydrogen (secondary N) is 1. The van der Waals surface area contributed by atoms with E-state index in [1.165, 1.54) is 0 Å². The molecule has 0 bridgehead atoms. The molecule has 1 saturated carbocycles. The third kappa shape index (κ3) is 4.96. The molecule has 0 amide bonds. The molecule has 8 heteroatoms. The number of ketones is 1. The number of alkyl halides is 3. The summed E-state index contributed by atoms with van der Waals surface area (Å²) in [4.78, 5) is 16.9. The number of aliphatic hydroxyl groups excluding tert-OH is 1. The van der Waals surface area contributed by atoms with Crippen molar-refractivity contribution >= 4 is 17.1 Å². The zero-order chi connectivity index (χ0) is 23.0. The fourth-order valence-electron chi connectivity index (χ4n) is 3.85. The molecule has 1 fully saturated rings. The van der Waals surface area contributed by atoms with Crippen LogP contribution in [0.25, 0.3) is 16.9 Å². The molecule has 0 saturated heterocycles. The first kappa shape index (κ1) is 22.3. The normalized spacial score (nSPS) is 15.2. The van der Waals surface area contributed by atoms with E-state index in [1.807, 2.05) is 25.1 Å². The minimum absolute atomic E-state index is 0.155. The number of benzene rings is 1. The number of hydrogen-bond donors (Lipinski definition) is 2. The highest BCUT2D eigenvalue weighted by Gasteiger charge is 2.27. The summed E-state index contributed by atoms with van der Waals surface area (Å²) in [6, 6.07) is 7.24. The Balaban J connectivity index is 1.68. The smallest absolute Gasteiger partial charge is 0.389 e. The molecule has 1 aliphatic rings. The van der Waals surface area contributed by atoms with Crippen molar-refractivity contribution in [2.75, 3.05) is 11.9 Å². The van der Waals surface area contributed by atoms with Gasteiger partial charge in [-0.2, -0.15) is 13.2 Å². The van der Waals surface area contributed by atoms with Gasteiger partial charge in [0, 0.05) is 30.3 Å². The molecule has 3 aromatic rings. The lowest BCUT2D eigenvalue weighted by molar-refractivity contribution is -0.131. The maximum absolute atomic E-state index is 12.6. The van der Waals surface area contributed by atoms with Crippen LogP contribution < -0.4 is 5.32 Å². The van der Waals surface area contributed by atoms with Crippen LogP contribution in [0.3, 0.4) is 0 Å². The van der Waals surface area contributed by atoms with E-state index in [0.29, 0.717) is 34.8 Å². The van der Waals surface area contributed by atoms with Crippen LogP contribution in [-0.2, 0) is 0 Å². The van der Waals surface area contributed by atoms with Crippen LogP contribution in [0.4, 0.5) is 18.9 Å². The number of fused-ring (bicyclic) bond motifs is 1. The molecular weight excluding hydrogens is 419 g/mol. The molecule has 1 aromatic carbocycles. The van der Waals surface area contributed by atoms with E-state index in [2.05, 4.69) is 10.3 Å². The van der Waals surface area contributed by atoms with Crippen LogP contribution >= 0.6 is 0 Å². The number of Topliss-reactive ketones (excluding diaryl/α,β-unsaturated/α-hetero) is 1. The number of aryl methyl sites for hydroxylation is 1. The van der Waals surface area contributed by atoms with Gasteiger partial charge in [0.2, 0.25) is 0 Å². The number of rotatable bonds is 8. The molecule has 1 aliphatic carbocycles. The number of imidazole rings is 1.